The van der Waals surface area contributed by atoms with E-state index in [2.05, 4.69) is 55.6 Å². The first-order valence-corrected chi connectivity index (χ1v) is 9.16. The average Bonchev–Trinajstić information content (AvgIpc) is 2.68. The quantitative estimate of drug-likeness (QED) is 0.883. The van der Waals surface area contributed by atoms with Gasteiger partial charge in [-0.25, -0.2) is 0 Å². The van der Waals surface area contributed by atoms with Crippen molar-refractivity contribution < 1.29 is 9.53 Å². The van der Waals surface area contributed by atoms with Crippen LogP contribution in [-0.4, -0.2) is 19.1 Å². The standard InChI is InChI=1S/C22H27NO2/c1-3-20(18-11-9-17(2)10-12-18)23-21(24)22(13-15-25-16-14-22)19-7-5-4-6-8-19/h4-12,20H,3,13-16H2,1-2H3,(H,23,24). The molecular formula is C22H27NO2. The summed E-state index contributed by atoms with van der Waals surface area (Å²) in [5.41, 5.74) is 3.00. The molecule has 132 valence electrons. The van der Waals surface area contributed by atoms with Gasteiger partial charge in [-0.3, -0.25) is 4.79 Å². The van der Waals surface area contributed by atoms with E-state index in [0.717, 1.165) is 30.4 Å². The van der Waals surface area contributed by atoms with Crippen LogP contribution in [0, 0.1) is 6.92 Å². The lowest BCUT2D eigenvalue weighted by atomic mass is 9.73. The molecule has 2 aromatic rings. The summed E-state index contributed by atoms with van der Waals surface area (Å²) in [7, 11) is 0. The van der Waals surface area contributed by atoms with Gasteiger partial charge < -0.3 is 10.1 Å². The Morgan fingerprint density at radius 3 is 2.32 bits per heavy atom. The van der Waals surface area contributed by atoms with E-state index in [-0.39, 0.29) is 11.9 Å². The molecule has 0 radical (unpaired) electrons. The fraction of sp³-hybridized carbons (Fsp3) is 0.409. The number of hydrogen-bond acceptors (Lipinski definition) is 2. The smallest absolute Gasteiger partial charge is 0.231 e. The first-order valence-electron chi connectivity index (χ1n) is 9.16. The van der Waals surface area contributed by atoms with Gasteiger partial charge >= 0.3 is 0 Å². The number of amides is 1. The number of rotatable bonds is 5. The number of carbonyl (C=O) groups is 1. The molecule has 2 aromatic carbocycles. The molecule has 3 heteroatoms. The zero-order valence-electron chi connectivity index (χ0n) is 15.1. The van der Waals surface area contributed by atoms with Gasteiger partial charge in [-0.15, -0.1) is 0 Å². The Hall–Kier alpha value is -2.13. The van der Waals surface area contributed by atoms with Crippen LogP contribution < -0.4 is 5.32 Å². The summed E-state index contributed by atoms with van der Waals surface area (Å²) in [5.74, 6) is 0.120. The molecule has 0 spiro atoms. The topological polar surface area (TPSA) is 38.3 Å². The van der Waals surface area contributed by atoms with Crippen LogP contribution >= 0.6 is 0 Å². The summed E-state index contributed by atoms with van der Waals surface area (Å²) in [6.07, 6.45) is 2.33. The maximum Gasteiger partial charge on any atom is 0.231 e. The van der Waals surface area contributed by atoms with E-state index in [9.17, 15) is 4.79 Å². The molecule has 3 nitrogen and oxygen atoms in total. The molecule has 1 aliphatic rings. The maximum absolute atomic E-state index is 13.4. The highest BCUT2D eigenvalue weighted by Crippen LogP contribution is 2.36. The van der Waals surface area contributed by atoms with Crippen molar-refractivity contribution in [2.45, 2.75) is 44.6 Å². The number of hydrogen-bond donors (Lipinski definition) is 1. The fourth-order valence-electron chi connectivity index (χ4n) is 3.64. The minimum atomic E-state index is -0.488. The first-order chi connectivity index (χ1) is 12.2. The Balaban J connectivity index is 1.86. The van der Waals surface area contributed by atoms with Crippen LogP contribution in [0.15, 0.2) is 54.6 Å². The largest absolute Gasteiger partial charge is 0.381 e. The van der Waals surface area contributed by atoms with Crippen molar-refractivity contribution in [2.75, 3.05) is 13.2 Å². The molecule has 1 saturated heterocycles. The number of carbonyl (C=O) groups excluding carboxylic acids is 1. The Bertz CT molecular complexity index is 688. The molecule has 0 bridgehead atoms. The molecule has 0 aromatic heterocycles. The lowest BCUT2D eigenvalue weighted by molar-refractivity contribution is -0.131. The molecule has 1 aliphatic heterocycles. The monoisotopic (exact) mass is 337 g/mol. The molecule has 0 aliphatic carbocycles. The Labute approximate surface area is 150 Å². The maximum atomic E-state index is 13.4. The number of ether oxygens (including phenoxy) is 1. The summed E-state index contributed by atoms with van der Waals surface area (Å²) in [6.45, 7) is 5.45. The molecule has 1 N–H and O–H groups in total. The van der Waals surface area contributed by atoms with Crippen LogP contribution in [0.3, 0.4) is 0 Å². The zero-order valence-corrected chi connectivity index (χ0v) is 15.1. The van der Waals surface area contributed by atoms with Gasteiger partial charge in [0.1, 0.15) is 0 Å². The van der Waals surface area contributed by atoms with Gasteiger partial charge in [0.15, 0.2) is 0 Å². The van der Waals surface area contributed by atoms with E-state index < -0.39 is 5.41 Å². The van der Waals surface area contributed by atoms with Crippen LogP contribution in [-0.2, 0) is 14.9 Å². The number of benzene rings is 2. The van der Waals surface area contributed by atoms with Crippen molar-refractivity contribution in [1.29, 1.82) is 0 Å². The van der Waals surface area contributed by atoms with Gasteiger partial charge in [0, 0.05) is 13.2 Å². The van der Waals surface area contributed by atoms with Crippen LogP contribution in [0.1, 0.15) is 48.9 Å². The second-order valence-corrected chi connectivity index (χ2v) is 6.91. The fourth-order valence-corrected chi connectivity index (χ4v) is 3.64. The van der Waals surface area contributed by atoms with Crippen molar-refractivity contribution in [3.63, 3.8) is 0 Å². The Kier molecular flexibility index (Phi) is 5.54. The molecule has 1 fully saturated rings. The van der Waals surface area contributed by atoms with E-state index in [1.807, 2.05) is 18.2 Å². The third-order valence-electron chi connectivity index (χ3n) is 5.30. The van der Waals surface area contributed by atoms with Crippen LogP contribution in [0.2, 0.25) is 0 Å². The van der Waals surface area contributed by atoms with E-state index in [0.29, 0.717) is 13.2 Å². The Morgan fingerprint density at radius 1 is 1.08 bits per heavy atom. The molecule has 0 saturated carbocycles. The van der Waals surface area contributed by atoms with Gasteiger partial charge in [-0.1, -0.05) is 67.1 Å². The van der Waals surface area contributed by atoms with E-state index in [1.54, 1.807) is 0 Å². The first kappa shape index (κ1) is 17.7. The SMILES string of the molecule is CCC(NC(=O)C1(c2ccccc2)CCOCC1)c1ccc(C)cc1. The summed E-state index contributed by atoms with van der Waals surface area (Å²) in [6, 6.07) is 18.6. The number of aryl methyl sites for hydroxylation is 1. The minimum Gasteiger partial charge on any atom is -0.381 e. The number of nitrogens with one attached hydrogen (secondary N) is 1. The summed E-state index contributed by atoms with van der Waals surface area (Å²) in [4.78, 5) is 13.4. The van der Waals surface area contributed by atoms with Crippen molar-refractivity contribution in [1.82, 2.24) is 5.32 Å². The highest BCUT2D eigenvalue weighted by Gasteiger charge is 2.42. The summed E-state index contributed by atoms with van der Waals surface area (Å²) >= 11 is 0. The van der Waals surface area contributed by atoms with Gasteiger partial charge in [0.25, 0.3) is 0 Å². The predicted molar refractivity (Wildman–Crippen MR) is 101 cm³/mol. The van der Waals surface area contributed by atoms with Crippen molar-refractivity contribution in [3.8, 4) is 0 Å². The van der Waals surface area contributed by atoms with Gasteiger partial charge in [-0.05, 0) is 37.3 Å². The van der Waals surface area contributed by atoms with Crippen LogP contribution in [0.4, 0.5) is 0 Å². The Morgan fingerprint density at radius 2 is 1.72 bits per heavy atom. The lowest BCUT2D eigenvalue weighted by Gasteiger charge is -2.37. The van der Waals surface area contributed by atoms with Gasteiger partial charge in [0.2, 0.25) is 5.91 Å². The third-order valence-corrected chi connectivity index (χ3v) is 5.30. The predicted octanol–water partition coefficient (Wildman–Crippen LogP) is 4.31. The molecule has 25 heavy (non-hydrogen) atoms. The lowest BCUT2D eigenvalue weighted by Crippen LogP contribution is -2.48. The highest BCUT2D eigenvalue weighted by molar-refractivity contribution is 5.88. The molecule has 1 amide bonds. The average molecular weight is 337 g/mol. The summed E-state index contributed by atoms with van der Waals surface area (Å²) < 4.78 is 5.55. The van der Waals surface area contributed by atoms with Crippen molar-refractivity contribution in [3.05, 3.63) is 71.3 Å². The van der Waals surface area contributed by atoms with E-state index in [1.165, 1.54) is 5.56 Å². The normalized spacial score (nSPS) is 17.7. The van der Waals surface area contributed by atoms with Crippen LogP contribution in [0.25, 0.3) is 0 Å². The molecular weight excluding hydrogens is 310 g/mol. The van der Waals surface area contributed by atoms with Crippen LogP contribution in [0.5, 0.6) is 0 Å². The molecule has 1 atom stereocenters. The van der Waals surface area contributed by atoms with Crippen molar-refractivity contribution in [2.24, 2.45) is 0 Å². The second kappa shape index (κ2) is 7.83. The van der Waals surface area contributed by atoms with E-state index in [4.69, 9.17) is 4.74 Å². The minimum absolute atomic E-state index is 0.0385. The highest BCUT2D eigenvalue weighted by atomic mass is 16.5. The van der Waals surface area contributed by atoms with Gasteiger partial charge in [0.05, 0.1) is 11.5 Å². The zero-order chi connectivity index (χ0) is 17.7. The van der Waals surface area contributed by atoms with Crippen molar-refractivity contribution >= 4 is 5.91 Å². The molecule has 1 heterocycles. The molecule has 1 unspecified atom stereocenters. The summed E-state index contributed by atoms with van der Waals surface area (Å²) in [5, 5.41) is 3.32. The van der Waals surface area contributed by atoms with Gasteiger partial charge in [-0.2, -0.15) is 0 Å². The van der Waals surface area contributed by atoms with E-state index >= 15 is 0 Å². The second-order valence-electron chi connectivity index (χ2n) is 6.91. The third kappa shape index (κ3) is 3.77. The molecule has 3 rings (SSSR count).